The number of pyridine rings is 1. The Hall–Kier alpha value is -2.20. The fourth-order valence-electron chi connectivity index (χ4n) is 2.40. The fourth-order valence-corrected chi connectivity index (χ4v) is 2.40. The number of carbonyl (C=O) groups excluding carboxylic acids is 1. The molecular weight excluding hydrogens is 288 g/mol. The van der Waals surface area contributed by atoms with Gasteiger partial charge in [-0.2, -0.15) is 0 Å². The average molecular weight is 312 g/mol. The first kappa shape index (κ1) is 17.2. The van der Waals surface area contributed by atoms with Crippen molar-refractivity contribution in [3.63, 3.8) is 0 Å². The van der Waals surface area contributed by atoms with Crippen molar-refractivity contribution in [3.8, 4) is 0 Å². The summed E-state index contributed by atoms with van der Waals surface area (Å²) >= 11 is 0. The van der Waals surface area contributed by atoms with Crippen LogP contribution in [-0.2, 0) is 16.1 Å². The van der Waals surface area contributed by atoms with Gasteiger partial charge >= 0.3 is 0 Å². The zero-order valence-electron chi connectivity index (χ0n) is 13.7. The monoisotopic (exact) mass is 312 g/mol. The number of amides is 1. The second-order valence-corrected chi connectivity index (χ2v) is 6.01. The second-order valence-electron chi connectivity index (χ2n) is 6.01. The molecule has 0 radical (unpaired) electrons. The molecule has 1 aromatic heterocycles. The number of hydrogen-bond acceptors (Lipinski definition) is 3. The van der Waals surface area contributed by atoms with Crippen LogP contribution in [0.25, 0.3) is 0 Å². The van der Waals surface area contributed by atoms with Crippen molar-refractivity contribution in [2.75, 3.05) is 6.61 Å². The van der Waals surface area contributed by atoms with Crippen molar-refractivity contribution >= 4 is 5.91 Å². The number of aromatic nitrogens is 1. The standard InChI is InChI=1S/C19H24N2O2/c1-15(2)11-18(17-9-6-10-20-12-17)21-19(22)14-23-13-16-7-4-3-5-8-16/h3-10,12,15,18H,11,13-14H2,1-2H3,(H,21,22). The Morgan fingerprint density at radius 2 is 1.96 bits per heavy atom. The second kappa shape index (κ2) is 9.06. The summed E-state index contributed by atoms with van der Waals surface area (Å²) in [6.07, 6.45) is 4.41. The largest absolute Gasteiger partial charge is 0.367 e. The molecule has 2 rings (SSSR count). The zero-order chi connectivity index (χ0) is 16.5. The number of carbonyl (C=O) groups is 1. The van der Waals surface area contributed by atoms with Crippen LogP contribution in [-0.4, -0.2) is 17.5 Å². The maximum absolute atomic E-state index is 12.1. The molecule has 4 nitrogen and oxygen atoms in total. The van der Waals surface area contributed by atoms with Gasteiger partial charge in [0.25, 0.3) is 0 Å². The third-order valence-corrected chi connectivity index (χ3v) is 3.47. The summed E-state index contributed by atoms with van der Waals surface area (Å²) in [5.74, 6) is 0.376. The lowest BCUT2D eigenvalue weighted by molar-refractivity contribution is -0.127. The van der Waals surface area contributed by atoms with E-state index < -0.39 is 0 Å². The molecule has 0 saturated heterocycles. The van der Waals surface area contributed by atoms with Crippen molar-refractivity contribution in [2.24, 2.45) is 5.92 Å². The molecule has 1 aromatic carbocycles. The molecule has 0 aliphatic carbocycles. The van der Waals surface area contributed by atoms with Gasteiger partial charge < -0.3 is 10.1 Å². The number of rotatable bonds is 8. The highest BCUT2D eigenvalue weighted by atomic mass is 16.5. The van der Waals surface area contributed by atoms with Gasteiger partial charge in [0, 0.05) is 12.4 Å². The van der Waals surface area contributed by atoms with E-state index in [2.05, 4.69) is 24.1 Å². The zero-order valence-corrected chi connectivity index (χ0v) is 13.7. The molecule has 1 atom stereocenters. The molecule has 0 saturated carbocycles. The Morgan fingerprint density at radius 3 is 2.61 bits per heavy atom. The molecule has 1 heterocycles. The van der Waals surface area contributed by atoms with Crippen molar-refractivity contribution in [1.29, 1.82) is 0 Å². The molecular formula is C19H24N2O2. The van der Waals surface area contributed by atoms with Crippen LogP contribution in [0.5, 0.6) is 0 Å². The van der Waals surface area contributed by atoms with Crippen LogP contribution in [0.1, 0.15) is 37.4 Å². The van der Waals surface area contributed by atoms with Crippen LogP contribution in [0.3, 0.4) is 0 Å². The Kier molecular flexibility index (Phi) is 6.76. The van der Waals surface area contributed by atoms with Gasteiger partial charge in [0.05, 0.1) is 12.6 Å². The van der Waals surface area contributed by atoms with Gasteiger partial charge in [-0.25, -0.2) is 0 Å². The first-order chi connectivity index (χ1) is 11.1. The molecule has 1 unspecified atom stereocenters. The van der Waals surface area contributed by atoms with Crippen LogP contribution in [0.4, 0.5) is 0 Å². The third-order valence-electron chi connectivity index (χ3n) is 3.47. The number of hydrogen-bond donors (Lipinski definition) is 1. The van der Waals surface area contributed by atoms with E-state index in [9.17, 15) is 4.79 Å². The Bertz CT molecular complexity index is 585. The van der Waals surface area contributed by atoms with E-state index in [1.165, 1.54) is 0 Å². The Labute approximate surface area is 137 Å². The van der Waals surface area contributed by atoms with E-state index >= 15 is 0 Å². The summed E-state index contributed by atoms with van der Waals surface area (Å²) < 4.78 is 5.50. The maximum Gasteiger partial charge on any atom is 0.246 e. The minimum atomic E-state index is -0.101. The average Bonchev–Trinajstić information content (AvgIpc) is 2.56. The lowest BCUT2D eigenvalue weighted by atomic mass is 9.98. The van der Waals surface area contributed by atoms with E-state index in [1.807, 2.05) is 42.5 Å². The summed E-state index contributed by atoms with van der Waals surface area (Å²) in [6.45, 7) is 4.78. The topological polar surface area (TPSA) is 51.2 Å². The van der Waals surface area contributed by atoms with E-state index in [4.69, 9.17) is 4.74 Å². The SMILES string of the molecule is CC(C)CC(NC(=O)COCc1ccccc1)c1cccnc1. The number of nitrogens with one attached hydrogen (secondary N) is 1. The van der Waals surface area contributed by atoms with Crippen LogP contribution < -0.4 is 5.32 Å². The maximum atomic E-state index is 12.1. The van der Waals surface area contributed by atoms with Gasteiger partial charge in [-0.05, 0) is 29.5 Å². The van der Waals surface area contributed by atoms with Crippen molar-refractivity contribution in [2.45, 2.75) is 32.9 Å². The van der Waals surface area contributed by atoms with Crippen LogP contribution in [0.2, 0.25) is 0 Å². The van der Waals surface area contributed by atoms with Crippen LogP contribution >= 0.6 is 0 Å². The first-order valence-electron chi connectivity index (χ1n) is 7.96. The van der Waals surface area contributed by atoms with E-state index in [0.29, 0.717) is 12.5 Å². The number of benzene rings is 1. The molecule has 0 aliphatic heterocycles. The Balaban J connectivity index is 1.85. The van der Waals surface area contributed by atoms with E-state index in [-0.39, 0.29) is 18.6 Å². The summed E-state index contributed by atoms with van der Waals surface area (Å²) in [5, 5.41) is 3.05. The van der Waals surface area contributed by atoms with Gasteiger partial charge in [0.1, 0.15) is 6.61 Å². The number of ether oxygens (including phenoxy) is 1. The highest BCUT2D eigenvalue weighted by molar-refractivity contribution is 5.77. The highest BCUT2D eigenvalue weighted by Crippen LogP contribution is 2.20. The van der Waals surface area contributed by atoms with E-state index in [0.717, 1.165) is 17.5 Å². The molecule has 0 spiro atoms. The van der Waals surface area contributed by atoms with Gasteiger partial charge in [-0.15, -0.1) is 0 Å². The molecule has 23 heavy (non-hydrogen) atoms. The van der Waals surface area contributed by atoms with Gasteiger partial charge in [-0.3, -0.25) is 9.78 Å². The van der Waals surface area contributed by atoms with Crippen molar-refractivity contribution in [1.82, 2.24) is 10.3 Å². The lowest BCUT2D eigenvalue weighted by Gasteiger charge is -2.20. The quantitative estimate of drug-likeness (QED) is 0.811. The molecule has 122 valence electrons. The highest BCUT2D eigenvalue weighted by Gasteiger charge is 2.16. The predicted octanol–water partition coefficient (Wildman–Crippen LogP) is 3.50. The van der Waals surface area contributed by atoms with Crippen LogP contribution in [0, 0.1) is 5.92 Å². The van der Waals surface area contributed by atoms with Gasteiger partial charge in [0.15, 0.2) is 0 Å². The predicted molar refractivity (Wildman–Crippen MR) is 90.7 cm³/mol. The molecule has 1 amide bonds. The normalized spacial score (nSPS) is 12.1. The van der Waals surface area contributed by atoms with Crippen molar-refractivity contribution < 1.29 is 9.53 Å². The van der Waals surface area contributed by atoms with Gasteiger partial charge in [-0.1, -0.05) is 50.2 Å². The molecule has 0 fully saturated rings. The van der Waals surface area contributed by atoms with Gasteiger partial charge in [0.2, 0.25) is 5.91 Å². The van der Waals surface area contributed by atoms with Crippen molar-refractivity contribution in [3.05, 3.63) is 66.0 Å². The molecule has 4 heteroatoms. The third kappa shape index (κ3) is 6.20. The lowest BCUT2D eigenvalue weighted by Crippen LogP contribution is -2.32. The minimum Gasteiger partial charge on any atom is -0.367 e. The number of nitrogens with zero attached hydrogens (tertiary/aromatic N) is 1. The summed E-state index contributed by atoms with van der Waals surface area (Å²) in [5.41, 5.74) is 2.09. The minimum absolute atomic E-state index is 0.0310. The molecule has 0 aliphatic rings. The summed E-state index contributed by atoms with van der Waals surface area (Å²) in [7, 11) is 0. The van der Waals surface area contributed by atoms with Crippen LogP contribution in [0.15, 0.2) is 54.9 Å². The molecule has 1 N–H and O–H groups in total. The first-order valence-corrected chi connectivity index (χ1v) is 7.96. The molecule has 2 aromatic rings. The Morgan fingerprint density at radius 1 is 1.17 bits per heavy atom. The molecule has 0 bridgehead atoms. The summed E-state index contributed by atoms with van der Waals surface area (Å²) in [4.78, 5) is 16.3. The summed E-state index contributed by atoms with van der Waals surface area (Å²) in [6, 6.07) is 13.7. The fraction of sp³-hybridized carbons (Fsp3) is 0.368. The smallest absolute Gasteiger partial charge is 0.246 e. The van der Waals surface area contributed by atoms with E-state index in [1.54, 1.807) is 12.4 Å².